The van der Waals surface area contributed by atoms with Gasteiger partial charge in [0.15, 0.2) is 5.52 Å². The average Bonchev–Trinajstić information content (AvgIpc) is 3.29. The van der Waals surface area contributed by atoms with E-state index in [1.165, 1.54) is 12.4 Å². The van der Waals surface area contributed by atoms with Gasteiger partial charge in [-0.15, -0.1) is 0 Å². The van der Waals surface area contributed by atoms with Gasteiger partial charge in [-0.25, -0.2) is 20.4 Å². The summed E-state index contributed by atoms with van der Waals surface area (Å²) in [5, 5.41) is 13.3. The van der Waals surface area contributed by atoms with E-state index < -0.39 is 5.91 Å². The second kappa shape index (κ2) is 11.8. The number of carbonyl (C=O) groups is 1. The van der Waals surface area contributed by atoms with Gasteiger partial charge in [0, 0.05) is 32.5 Å². The summed E-state index contributed by atoms with van der Waals surface area (Å²) in [7, 11) is 1.77. The van der Waals surface area contributed by atoms with E-state index >= 15 is 0 Å². The van der Waals surface area contributed by atoms with Crippen LogP contribution in [0.3, 0.4) is 0 Å². The Hall–Kier alpha value is -4.32. The molecular weight excluding hydrogens is 512 g/mol. The van der Waals surface area contributed by atoms with Gasteiger partial charge < -0.3 is 14.6 Å². The first-order valence-corrected chi connectivity index (χ1v) is 13.6. The number of aromatic nitrogens is 6. The molecule has 12 heteroatoms. The third kappa shape index (κ3) is 5.53. The predicted molar refractivity (Wildman–Crippen MR) is 150 cm³/mol. The Balaban J connectivity index is 1.35. The highest BCUT2D eigenvalue weighted by Crippen LogP contribution is 2.32. The maximum Gasteiger partial charge on any atom is 0.277 e. The highest BCUT2D eigenvalue weighted by molar-refractivity contribution is 5.92. The second-order valence-electron chi connectivity index (χ2n) is 10.0. The molecule has 4 heterocycles. The van der Waals surface area contributed by atoms with Crippen LogP contribution < -0.4 is 20.7 Å². The monoisotopic (exact) mass is 546 g/mol. The first-order chi connectivity index (χ1) is 19.4. The Morgan fingerprint density at radius 3 is 2.62 bits per heavy atom. The number of fused-ring (bicyclic) bond motifs is 1. The normalized spacial score (nSPS) is 14.1. The smallest absolute Gasteiger partial charge is 0.277 e. The molecule has 0 aliphatic carbocycles. The van der Waals surface area contributed by atoms with Crippen molar-refractivity contribution in [3.63, 3.8) is 0 Å². The van der Waals surface area contributed by atoms with Crippen LogP contribution in [0.2, 0.25) is 0 Å². The number of ether oxygens (including phenoxy) is 1. The SMILES string of the molecule is CCCc1nn(C)c2c(=O)[nH]c(-c3cc(CC4CCN(c5ncc(C(=O)NO)cn5)CC4)ccc3OCC)nc12. The van der Waals surface area contributed by atoms with E-state index in [0.717, 1.165) is 62.0 Å². The number of rotatable bonds is 9. The molecule has 0 radical (unpaired) electrons. The molecule has 1 amide bonds. The number of aromatic amines is 1. The van der Waals surface area contributed by atoms with Crippen LogP contribution in [0.1, 0.15) is 54.7 Å². The lowest BCUT2D eigenvalue weighted by atomic mass is 9.89. The number of nitrogens with zero attached hydrogens (tertiary/aromatic N) is 6. The molecule has 40 heavy (non-hydrogen) atoms. The number of aryl methyl sites for hydroxylation is 2. The van der Waals surface area contributed by atoms with Crippen LogP contribution in [0.25, 0.3) is 22.4 Å². The highest BCUT2D eigenvalue weighted by Gasteiger charge is 2.23. The third-order valence-corrected chi connectivity index (χ3v) is 7.27. The van der Waals surface area contributed by atoms with Crippen LogP contribution in [0.4, 0.5) is 5.95 Å². The molecule has 5 rings (SSSR count). The van der Waals surface area contributed by atoms with Crippen LogP contribution in [-0.4, -0.2) is 60.5 Å². The van der Waals surface area contributed by atoms with Crippen molar-refractivity contribution in [3.05, 3.63) is 57.8 Å². The lowest BCUT2D eigenvalue weighted by Gasteiger charge is -2.32. The van der Waals surface area contributed by atoms with Gasteiger partial charge in [-0.3, -0.25) is 19.5 Å². The largest absolute Gasteiger partial charge is 0.493 e. The summed E-state index contributed by atoms with van der Waals surface area (Å²) in [6, 6.07) is 6.12. The van der Waals surface area contributed by atoms with Crippen molar-refractivity contribution in [3.8, 4) is 17.1 Å². The number of H-pyrrole nitrogens is 1. The van der Waals surface area contributed by atoms with Crippen molar-refractivity contribution in [1.82, 2.24) is 35.2 Å². The minimum Gasteiger partial charge on any atom is -0.493 e. The van der Waals surface area contributed by atoms with Crippen molar-refractivity contribution >= 4 is 22.9 Å². The van der Waals surface area contributed by atoms with E-state index in [2.05, 4.69) is 44.0 Å². The molecule has 0 spiro atoms. The van der Waals surface area contributed by atoms with Crippen LogP contribution in [-0.2, 0) is 19.9 Å². The number of carbonyl (C=O) groups excluding carboxylic acids is 1. The number of hydroxylamine groups is 1. The predicted octanol–water partition coefficient (Wildman–Crippen LogP) is 3.04. The van der Waals surface area contributed by atoms with Gasteiger partial charge in [-0.1, -0.05) is 19.4 Å². The van der Waals surface area contributed by atoms with Crippen LogP contribution in [0.15, 0.2) is 35.4 Å². The van der Waals surface area contributed by atoms with Crippen LogP contribution >= 0.6 is 0 Å². The first-order valence-electron chi connectivity index (χ1n) is 13.6. The van der Waals surface area contributed by atoms with Gasteiger partial charge in [0.1, 0.15) is 17.1 Å². The van der Waals surface area contributed by atoms with E-state index in [1.807, 2.05) is 13.0 Å². The molecule has 0 atom stereocenters. The molecule has 0 saturated carbocycles. The molecule has 4 aromatic rings. The summed E-state index contributed by atoms with van der Waals surface area (Å²) >= 11 is 0. The van der Waals surface area contributed by atoms with Gasteiger partial charge in [0.25, 0.3) is 11.5 Å². The molecule has 1 fully saturated rings. The summed E-state index contributed by atoms with van der Waals surface area (Å²) in [4.78, 5) is 43.1. The summed E-state index contributed by atoms with van der Waals surface area (Å²) < 4.78 is 7.53. The van der Waals surface area contributed by atoms with Gasteiger partial charge >= 0.3 is 0 Å². The van der Waals surface area contributed by atoms with Gasteiger partial charge in [0.05, 0.1) is 23.4 Å². The summed E-state index contributed by atoms with van der Waals surface area (Å²) in [6.07, 6.45) is 7.28. The Labute approximate surface area is 231 Å². The van der Waals surface area contributed by atoms with Crippen molar-refractivity contribution in [2.45, 2.75) is 46.0 Å². The zero-order valence-electron chi connectivity index (χ0n) is 23.0. The molecule has 1 aliphatic heterocycles. The van der Waals surface area contributed by atoms with Crippen molar-refractivity contribution in [2.24, 2.45) is 13.0 Å². The number of anilines is 1. The minimum absolute atomic E-state index is 0.201. The van der Waals surface area contributed by atoms with Crippen LogP contribution in [0.5, 0.6) is 5.75 Å². The van der Waals surface area contributed by atoms with E-state index in [0.29, 0.717) is 41.1 Å². The fourth-order valence-electron chi connectivity index (χ4n) is 5.29. The standard InChI is InChI=1S/C28H34N8O4/c1-4-6-21-23-24(35(3)33-21)27(38)32-25(31-23)20-14-18(7-8-22(20)40-5-2)13-17-9-11-36(12-10-17)28-29-15-19(16-30-28)26(37)34-39/h7-8,14-17,39H,4-6,9-13H2,1-3H3,(H,34,37)(H,31,32,38). The molecule has 0 unspecified atom stereocenters. The highest BCUT2D eigenvalue weighted by atomic mass is 16.5. The van der Waals surface area contributed by atoms with Gasteiger partial charge in [-0.05, 0) is 56.2 Å². The topological polar surface area (TPSA) is 151 Å². The molecular formula is C28H34N8O4. The Morgan fingerprint density at radius 1 is 1.20 bits per heavy atom. The Morgan fingerprint density at radius 2 is 1.95 bits per heavy atom. The number of hydrogen-bond acceptors (Lipinski definition) is 9. The van der Waals surface area contributed by atoms with Crippen LogP contribution in [0, 0.1) is 5.92 Å². The molecule has 1 aromatic carbocycles. The zero-order valence-corrected chi connectivity index (χ0v) is 23.0. The van der Waals surface area contributed by atoms with Crippen molar-refractivity contribution < 1.29 is 14.7 Å². The Bertz CT molecular complexity index is 1560. The zero-order chi connectivity index (χ0) is 28.2. The van der Waals surface area contributed by atoms with E-state index in [1.54, 1.807) is 17.2 Å². The number of hydrogen-bond donors (Lipinski definition) is 3. The Kier molecular flexibility index (Phi) is 8.06. The van der Waals surface area contributed by atoms with Crippen molar-refractivity contribution in [2.75, 3.05) is 24.6 Å². The fourth-order valence-corrected chi connectivity index (χ4v) is 5.29. The molecule has 12 nitrogen and oxygen atoms in total. The summed E-state index contributed by atoms with van der Waals surface area (Å²) in [5.41, 5.74) is 5.42. The quantitative estimate of drug-likeness (QED) is 0.212. The first kappa shape index (κ1) is 27.3. The fraction of sp³-hybridized carbons (Fsp3) is 0.429. The minimum atomic E-state index is -0.638. The van der Waals surface area contributed by atoms with Gasteiger partial charge in [0.2, 0.25) is 5.95 Å². The number of amides is 1. The molecule has 3 aromatic heterocycles. The number of benzene rings is 1. The second-order valence-corrected chi connectivity index (χ2v) is 10.0. The molecule has 210 valence electrons. The molecule has 1 saturated heterocycles. The maximum absolute atomic E-state index is 13.1. The van der Waals surface area contributed by atoms with Crippen molar-refractivity contribution in [1.29, 1.82) is 0 Å². The number of nitrogens with one attached hydrogen (secondary N) is 2. The average molecular weight is 547 g/mol. The molecule has 3 N–H and O–H groups in total. The number of piperidine rings is 1. The lowest BCUT2D eigenvalue weighted by molar-refractivity contribution is 0.0705. The van der Waals surface area contributed by atoms with Gasteiger partial charge in [-0.2, -0.15) is 5.10 Å². The van der Waals surface area contributed by atoms with E-state index in [9.17, 15) is 9.59 Å². The molecule has 0 bridgehead atoms. The maximum atomic E-state index is 13.1. The molecule has 1 aliphatic rings. The summed E-state index contributed by atoms with van der Waals surface area (Å²) in [5.74, 6) is 1.56. The summed E-state index contributed by atoms with van der Waals surface area (Å²) in [6.45, 7) is 6.11. The van der Waals surface area contributed by atoms with E-state index in [-0.39, 0.29) is 11.1 Å². The van der Waals surface area contributed by atoms with E-state index in [4.69, 9.17) is 14.9 Å². The lowest BCUT2D eigenvalue weighted by Crippen LogP contribution is -2.35. The third-order valence-electron chi connectivity index (χ3n) is 7.27.